The second-order valence-corrected chi connectivity index (χ2v) is 11.7. The molecule has 42 heavy (non-hydrogen) atoms. The number of fused-ring (bicyclic) bond motifs is 6. The van der Waals surface area contributed by atoms with Gasteiger partial charge in [-0.2, -0.15) is 0 Å². The zero-order valence-electron chi connectivity index (χ0n) is 24.1. The van der Waals surface area contributed by atoms with Crippen molar-refractivity contribution in [2.45, 2.75) is 13.8 Å². The Morgan fingerprint density at radius 2 is 1.00 bits per heavy atom. The monoisotopic (exact) mass is 542 g/mol. The molecular formula is C39H32N3+. The Morgan fingerprint density at radius 1 is 0.452 bits per heavy atom. The number of quaternary nitrogens is 1. The molecule has 2 N–H and O–H groups in total. The normalized spacial score (nSPS) is 12.2. The minimum atomic E-state index is 0.594. The summed E-state index contributed by atoms with van der Waals surface area (Å²) in [6.45, 7) is 4.35. The fourth-order valence-corrected chi connectivity index (χ4v) is 6.72. The number of benzene rings is 6. The number of rotatable bonds is 4. The molecular weight excluding hydrogens is 510 g/mol. The molecule has 0 aliphatic rings. The maximum Gasteiger partial charge on any atom is 0.142 e. The van der Waals surface area contributed by atoms with E-state index in [9.17, 15) is 0 Å². The van der Waals surface area contributed by atoms with Gasteiger partial charge in [0.15, 0.2) is 0 Å². The predicted octanol–water partition coefficient (Wildman–Crippen LogP) is 10.8. The Hall–Kier alpha value is -5.12. The van der Waals surface area contributed by atoms with Gasteiger partial charge in [0.2, 0.25) is 0 Å². The molecule has 0 aliphatic carbocycles. The van der Waals surface area contributed by atoms with Crippen molar-refractivity contribution >= 4 is 60.7 Å². The Morgan fingerprint density at radius 3 is 1.67 bits per heavy atom. The predicted molar refractivity (Wildman–Crippen MR) is 180 cm³/mol. The molecule has 0 saturated carbocycles. The summed E-state index contributed by atoms with van der Waals surface area (Å²) >= 11 is 0. The first-order valence-corrected chi connectivity index (χ1v) is 14.6. The van der Waals surface area contributed by atoms with Crippen molar-refractivity contribution in [3.63, 3.8) is 0 Å². The number of hydrogen-bond donors (Lipinski definition) is 2. The van der Waals surface area contributed by atoms with Gasteiger partial charge in [0.05, 0.1) is 12.6 Å². The summed E-state index contributed by atoms with van der Waals surface area (Å²) in [5.74, 6) is 0. The molecule has 0 unspecified atom stereocenters. The van der Waals surface area contributed by atoms with Gasteiger partial charge in [-0.25, -0.2) is 4.48 Å². The molecule has 2 heterocycles. The molecule has 0 atom stereocenters. The van der Waals surface area contributed by atoms with Gasteiger partial charge in [0, 0.05) is 55.8 Å². The fraction of sp³-hybridized carbons (Fsp3) is 0.0769. The van der Waals surface area contributed by atoms with Gasteiger partial charge in [-0.1, -0.05) is 48.0 Å². The standard InChI is InChI=1S/C39H32N3/c1-25-14-19-36-32(20-25)33-23-38-34(24-37(33)40-36)35-22-26(2)21-31(39(35)41-38)27-15-17-30(18-16-27)42(3,28-10-6-4-7-11-28)29-12-8-5-9-13-29/h4-24,40-41H,1-3H3/q+1. The largest absolute Gasteiger partial charge is 0.354 e. The van der Waals surface area contributed by atoms with Crippen molar-refractivity contribution in [2.75, 3.05) is 7.05 Å². The summed E-state index contributed by atoms with van der Waals surface area (Å²) < 4.78 is 0.594. The van der Waals surface area contributed by atoms with E-state index in [1.54, 1.807) is 0 Å². The minimum Gasteiger partial charge on any atom is -0.354 e. The second-order valence-electron chi connectivity index (χ2n) is 11.7. The van der Waals surface area contributed by atoms with E-state index in [0.29, 0.717) is 4.48 Å². The number of nitrogens with one attached hydrogen (secondary N) is 2. The van der Waals surface area contributed by atoms with Crippen molar-refractivity contribution in [1.29, 1.82) is 0 Å². The third-order valence-corrected chi connectivity index (χ3v) is 8.96. The fourth-order valence-electron chi connectivity index (χ4n) is 6.72. The van der Waals surface area contributed by atoms with Crippen LogP contribution in [0.2, 0.25) is 0 Å². The number of para-hydroxylation sites is 2. The van der Waals surface area contributed by atoms with E-state index >= 15 is 0 Å². The molecule has 0 amide bonds. The van der Waals surface area contributed by atoms with Crippen LogP contribution in [0.4, 0.5) is 17.1 Å². The molecule has 3 nitrogen and oxygen atoms in total. The topological polar surface area (TPSA) is 31.6 Å². The Bertz CT molecular complexity index is 2210. The minimum absolute atomic E-state index is 0.594. The molecule has 0 fully saturated rings. The van der Waals surface area contributed by atoms with Crippen LogP contribution in [-0.4, -0.2) is 17.0 Å². The van der Waals surface area contributed by atoms with Crippen molar-refractivity contribution < 1.29 is 0 Å². The molecule has 0 aliphatic heterocycles. The lowest BCUT2D eigenvalue weighted by Crippen LogP contribution is -2.33. The van der Waals surface area contributed by atoms with Gasteiger partial charge in [0.25, 0.3) is 0 Å². The first kappa shape index (κ1) is 24.7. The number of aryl methyl sites for hydroxylation is 2. The number of hydrogen-bond acceptors (Lipinski definition) is 0. The third kappa shape index (κ3) is 3.71. The number of aromatic amines is 2. The summed E-state index contributed by atoms with van der Waals surface area (Å²) in [6, 6.07) is 46.5. The van der Waals surface area contributed by atoms with Crippen LogP contribution in [0.25, 0.3) is 54.7 Å². The zero-order chi connectivity index (χ0) is 28.4. The van der Waals surface area contributed by atoms with Crippen LogP contribution in [0, 0.1) is 13.8 Å². The molecule has 6 aromatic carbocycles. The quantitative estimate of drug-likeness (QED) is 0.207. The molecule has 0 bridgehead atoms. The van der Waals surface area contributed by atoms with Crippen LogP contribution < -0.4 is 4.48 Å². The van der Waals surface area contributed by atoms with Crippen LogP contribution >= 0.6 is 0 Å². The summed E-state index contributed by atoms with van der Waals surface area (Å²) in [4.78, 5) is 7.46. The van der Waals surface area contributed by atoms with Crippen LogP contribution in [0.1, 0.15) is 11.1 Å². The van der Waals surface area contributed by atoms with E-state index in [0.717, 1.165) is 0 Å². The van der Waals surface area contributed by atoms with E-state index in [4.69, 9.17) is 0 Å². The van der Waals surface area contributed by atoms with Crippen LogP contribution in [0.5, 0.6) is 0 Å². The molecule has 0 spiro atoms. The Labute approximate surface area is 245 Å². The molecule has 8 aromatic rings. The van der Waals surface area contributed by atoms with Crippen LogP contribution in [0.15, 0.2) is 127 Å². The molecule has 0 saturated heterocycles. The van der Waals surface area contributed by atoms with Crippen LogP contribution in [0.3, 0.4) is 0 Å². The molecule has 0 radical (unpaired) electrons. The first-order chi connectivity index (χ1) is 20.5. The maximum absolute atomic E-state index is 3.81. The van der Waals surface area contributed by atoms with E-state index in [2.05, 4.69) is 158 Å². The van der Waals surface area contributed by atoms with E-state index < -0.39 is 0 Å². The smallest absolute Gasteiger partial charge is 0.142 e. The molecule has 3 heteroatoms. The van der Waals surface area contributed by atoms with E-state index in [1.807, 2.05) is 0 Å². The second kappa shape index (κ2) is 9.20. The Balaban J connectivity index is 1.29. The highest BCUT2D eigenvalue weighted by molar-refractivity contribution is 6.19. The lowest BCUT2D eigenvalue weighted by Gasteiger charge is -2.33. The van der Waals surface area contributed by atoms with Crippen molar-refractivity contribution in [3.8, 4) is 11.1 Å². The molecule has 2 aromatic heterocycles. The molecule has 8 rings (SSSR count). The maximum atomic E-state index is 3.81. The Kier molecular flexibility index (Phi) is 5.40. The van der Waals surface area contributed by atoms with Gasteiger partial charge >= 0.3 is 0 Å². The zero-order valence-corrected chi connectivity index (χ0v) is 24.1. The number of nitrogens with zero attached hydrogens (tertiary/aromatic N) is 1. The molecule has 202 valence electrons. The summed E-state index contributed by atoms with van der Waals surface area (Å²) in [5, 5.41) is 5.04. The van der Waals surface area contributed by atoms with Crippen molar-refractivity contribution in [2.24, 2.45) is 0 Å². The number of H-pyrrole nitrogens is 2. The first-order valence-electron chi connectivity index (χ1n) is 14.6. The highest BCUT2D eigenvalue weighted by Crippen LogP contribution is 2.43. The average molecular weight is 543 g/mol. The van der Waals surface area contributed by atoms with Crippen molar-refractivity contribution in [1.82, 2.24) is 14.5 Å². The van der Waals surface area contributed by atoms with E-state index in [1.165, 1.54) is 82.9 Å². The van der Waals surface area contributed by atoms with Crippen molar-refractivity contribution in [3.05, 3.63) is 139 Å². The van der Waals surface area contributed by atoms with Crippen LogP contribution in [-0.2, 0) is 0 Å². The SMILES string of the molecule is Cc1ccc2[nH]c3cc4c(cc3c2c1)[nH]c1c(-c2ccc([N+](C)(c3ccccc3)c3ccccc3)cc2)cc(C)cc14. The summed E-state index contributed by atoms with van der Waals surface area (Å²) in [5.41, 5.74) is 13.3. The number of aromatic nitrogens is 2. The van der Waals surface area contributed by atoms with Gasteiger partial charge in [-0.3, -0.25) is 0 Å². The van der Waals surface area contributed by atoms with Gasteiger partial charge < -0.3 is 9.97 Å². The van der Waals surface area contributed by atoms with Gasteiger partial charge in [0.1, 0.15) is 17.1 Å². The summed E-state index contributed by atoms with van der Waals surface area (Å²) in [6.07, 6.45) is 0. The average Bonchev–Trinajstić information content (AvgIpc) is 3.57. The third-order valence-electron chi connectivity index (χ3n) is 8.96. The highest BCUT2D eigenvalue weighted by Gasteiger charge is 2.31. The highest BCUT2D eigenvalue weighted by atomic mass is 15.3. The summed E-state index contributed by atoms with van der Waals surface area (Å²) in [7, 11) is 2.27. The van der Waals surface area contributed by atoms with Gasteiger partial charge in [-0.05, 0) is 97.8 Å². The lowest BCUT2D eigenvalue weighted by molar-refractivity contribution is 0.627. The van der Waals surface area contributed by atoms with E-state index in [-0.39, 0.29) is 0 Å². The van der Waals surface area contributed by atoms with Gasteiger partial charge in [-0.15, -0.1) is 0 Å². The lowest BCUT2D eigenvalue weighted by atomic mass is 9.98.